The Morgan fingerprint density at radius 3 is 2.10 bits per heavy atom. The molecule has 2 heterocycles. The predicted molar refractivity (Wildman–Crippen MR) is 151 cm³/mol. The van der Waals surface area contributed by atoms with Crippen LogP contribution in [-0.2, 0) is 14.8 Å². The van der Waals surface area contributed by atoms with E-state index < -0.39 is 10.0 Å². The van der Waals surface area contributed by atoms with Gasteiger partial charge in [0.25, 0.3) is 5.91 Å². The maximum absolute atomic E-state index is 13.3. The third-order valence-electron chi connectivity index (χ3n) is 6.86. The van der Waals surface area contributed by atoms with Crippen LogP contribution in [0.3, 0.4) is 0 Å². The van der Waals surface area contributed by atoms with Crippen LogP contribution < -0.4 is 10.7 Å². The number of piperidine rings is 1. The molecule has 9 nitrogen and oxygen atoms in total. The number of hydrogen-bond acceptors (Lipinski definition) is 6. The lowest BCUT2D eigenvalue weighted by Gasteiger charge is -2.31. The number of hydrazone groups is 1. The van der Waals surface area contributed by atoms with Crippen molar-refractivity contribution in [2.45, 2.75) is 45.4 Å². The Bertz CT molecular complexity index is 1470. The Hall–Kier alpha value is -3.89. The fraction of sp³-hybridized carbons (Fsp3) is 0.310. The van der Waals surface area contributed by atoms with E-state index in [1.807, 2.05) is 45.0 Å². The number of benzene rings is 2. The number of nitrogens with zero attached hydrogens (tertiary/aromatic N) is 3. The van der Waals surface area contributed by atoms with Crippen molar-refractivity contribution >= 4 is 33.2 Å². The summed E-state index contributed by atoms with van der Waals surface area (Å²) in [5, 5.41) is 7.07. The van der Waals surface area contributed by atoms with Gasteiger partial charge in [0.2, 0.25) is 15.9 Å². The lowest BCUT2D eigenvalue weighted by Crippen LogP contribution is -2.42. The smallest absolute Gasteiger partial charge is 0.255 e. The Labute approximate surface area is 229 Å². The minimum Gasteiger partial charge on any atom is -0.322 e. The van der Waals surface area contributed by atoms with Gasteiger partial charge in [-0.25, -0.2) is 13.8 Å². The molecule has 204 valence electrons. The van der Waals surface area contributed by atoms with Gasteiger partial charge in [0, 0.05) is 42.7 Å². The monoisotopic (exact) mass is 547 g/mol. The molecule has 10 heteroatoms. The Kier molecular flexibility index (Phi) is 8.57. The minimum atomic E-state index is -3.63. The molecule has 39 heavy (non-hydrogen) atoms. The average Bonchev–Trinajstić information content (AvgIpc) is 2.91. The van der Waals surface area contributed by atoms with E-state index >= 15 is 0 Å². The minimum absolute atomic E-state index is 0.227. The first kappa shape index (κ1) is 28.1. The summed E-state index contributed by atoms with van der Waals surface area (Å²) >= 11 is 0. The Morgan fingerprint density at radius 2 is 1.51 bits per heavy atom. The van der Waals surface area contributed by atoms with E-state index in [-0.39, 0.29) is 30.8 Å². The number of sulfonamides is 1. The highest BCUT2D eigenvalue weighted by atomic mass is 32.2. The van der Waals surface area contributed by atoms with Crippen LogP contribution in [0.5, 0.6) is 0 Å². The van der Waals surface area contributed by atoms with E-state index in [2.05, 4.69) is 20.8 Å². The van der Waals surface area contributed by atoms with Gasteiger partial charge in [-0.05, 0) is 81.5 Å². The van der Waals surface area contributed by atoms with Crippen LogP contribution >= 0.6 is 0 Å². The summed E-state index contributed by atoms with van der Waals surface area (Å²) in [4.78, 5) is 29.4. The molecule has 0 saturated carbocycles. The zero-order valence-corrected chi connectivity index (χ0v) is 23.4. The summed E-state index contributed by atoms with van der Waals surface area (Å²) in [6.45, 7) is 7.93. The number of pyridine rings is 1. The summed E-state index contributed by atoms with van der Waals surface area (Å²) in [5.41, 5.74) is 7.69. The highest BCUT2D eigenvalue weighted by molar-refractivity contribution is 7.89. The van der Waals surface area contributed by atoms with Crippen LogP contribution in [0.25, 0.3) is 0 Å². The summed E-state index contributed by atoms with van der Waals surface area (Å²) < 4.78 is 28.1. The maximum atomic E-state index is 13.3. The molecular formula is C29H33N5O4S. The number of amides is 2. The van der Waals surface area contributed by atoms with Gasteiger partial charge in [-0.3, -0.25) is 14.6 Å². The number of carbonyl (C=O) groups excluding carboxylic acids is 2. The summed E-state index contributed by atoms with van der Waals surface area (Å²) in [5.74, 6) is -0.778. The second-order valence-electron chi connectivity index (χ2n) is 9.85. The first-order valence-electron chi connectivity index (χ1n) is 12.8. The van der Waals surface area contributed by atoms with E-state index in [4.69, 9.17) is 0 Å². The highest BCUT2D eigenvalue weighted by Crippen LogP contribution is 2.29. The largest absolute Gasteiger partial charge is 0.322 e. The van der Waals surface area contributed by atoms with E-state index in [0.717, 1.165) is 22.3 Å². The van der Waals surface area contributed by atoms with Crippen molar-refractivity contribution in [3.8, 4) is 0 Å². The average molecular weight is 548 g/mol. The normalized spacial score (nSPS) is 15.1. The quantitative estimate of drug-likeness (QED) is 0.339. The predicted octanol–water partition coefficient (Wildman–Crippen LogP) is 4.20. The summed E-state index contributed by atoms with van der Waals surface area (Å²) in [7, 11) is -3.63. The highest BCUT2D eigenvalue weighted by Gasteiger charge is 2.33. The molecular weight excluding hydrogens is 514 g/mol. The van der Waals surface area contributed by atoms with Gasteiger partial charge in [0.05, 0.1) is 10.6 Å². The number of nitrogens with one attached hydrogen (secondary N) is 2. The number of anilines is 1. The number of rotatable bonds is 7. The van der Waals surface area contributed by atoms with Crippen molar-refractivity contribution in [3.05, 3.63) is 88.7 Å². The molecule has 2 N–H and O–H groups in total. The van der Waals surface area contributed by atoms with Crippen LogP contribution in [0.4, 0.5) is 5.69 Å². The molecule has 1 saturated heterocycles. The van der Waals surface area contributed by atoms with Gasteiger partial charge in [-0.2, -0.15) is 9.41 Å². The molecule has 3 aromatic rings. The zero-order chi connectivity index (χ0) is 28.2. The topological polar surface area (TPSA) is 121 Å². The van der Waals surface area contributed by atoms with Gasteiger partial charge in [-0.15, -0.1) is 0 Å². The second-order valence-corrected chi connectivity index (χ2v) is 11.7. The molecule has 0 aliphatic carbocycles. The molecule has 1 aromatic heterocycles. The lowest BCUT2D eigenvalue weighted by molar-refractivity contribution is -0.126. The standard InChI is InChI=1S/C29H33N5O4S/c1-19-17-20(2)27(21(3)18-19)39(37,38)34-15-11-25(12-16-34)29(36)33-32-22(4)23-5-7-26(8-6-23)31-28(35)24-9-13-30-14-10-24/h5-10,13-14,17-18,25H,11-12,15-16H2,1-4H3,(H,31,35)(H,33,36)/b32-22+. The molecule has 2 amide bonds. The molecule has 0 spiro atoms. The van der Waals surface area contributed by atoms with Crippen LogP contribution in [0.15, 0.2) is 70.9 Å². The molecule has 4 rings (SSSR count). The van der Waals surface area contributed by atoms with Gasteiger partial charge in [-0.1, -0.05) is 29.8 Å². The van der Waals surface area contributed by atoms with Crippen LogP contribution in [0, 0.1) is 26.7 Å². The summed E-state index contributed by atoms with van der Waals surface area (Å²) in [6.07, 6.45) is 3.97. The molecule has 0 radical (unpaired) electrons. The van der Waals surface area contributed by atoms with Gasteiger partial charge < -0.3 is 5.32 Å². The third-order valence-corrected chi connectivity index (χ3v) is 9.07. The third kappa shape index (κ3) is 6.58. The first-order valence-corrected chi connectivity index (χ1v) is 14.2. The second kappa shape index (κ2) is 11.9. The number of aryl methyl sites for hydroxylation is 3. The molecule has 2 aromatic carbocycles. The van der Waals surface area contributed by atoms with Gasteiger partial charge >= 0.3 is 0 Å². The first-order chi connectivity index (χ1) is 18.6. The van der Waals surface area contributed by atoms with E-state index in [9.17, 15) is 18.0 Å². The molecule has 0 atom stereocenters. The number of aromatic nitrogens is 1. The van der Waals surface area contributed by atoms with Crippen molar-refractivity contribution in [3.63, 3.8) is 0 Å². The van der Waals surface area contributed by atoms with Crippen LogP contribution in [0.1, 0.15) is 52.4 Å². The van der Waals surface area contributed by atoms with Crippen molar-refractivity contribution < 1.29 is 18.0 Å². The molecule has 0 unspecified atom stereocenters. The van der Waals surface area contributed by atoms with Gasteiger partial charge in [0.15, 0.2) is 0 Å². The molecule has 0 bridgehead atoms. The Balaban J connectivity index is 1.32. The van der Waals surface area contributed by atoms with Crippen LogP contribution in [-0.4, -0.2) is 48.3 Å². The van der Waals surface area contributed by atoms with E-state index in [0.29, 0.717) is 34.7 Å². The van der Waals surface area contributed by atoms with E-state index in [1.165, 1.54) is 4.31 Å². The molecule has 1 aliphatic heterocycles. The SMILES string of the molecule is C/C(=N\NC(=O)C1CCN(S(=O)(=O)c2c(C)cc(C)cc2C)CC1)c1ccc(NC(=O)c2ccncc2)cc1. The number of hydrogen-bond donors (Lipinski definition) is 2. The van der Waals surface area contributed by atoms with Crippen molar-refractivity contribution in [2.75, 3.05) is 18.4 Å². The van der Waals surface area contributed by atoms with Crippen molar-refractivity contribution in [1.29, 1.82) is 0 Å². The lowest BCUT2D eigenvalue weighted by atomic mass is 9.98. The molecule has 1 fully saturated rings. The Morgan fingerprint density at radius 1 is 0.923 bits per heavy atom. The summed E-state index contributed by atoms with van der Waals surface area (Å²) in [6, 6.07) is 14.2. The van der Waals surface area contributed by atoms with Crippen molar-refractivity contribution in [1.82, 2.24) is 14.7 Å². The van der Waals surface area contributed by atoms with Crippen molar-refractivity contribution in [2.24, 2.45) is 11.0 Å². The van der Waals surface area contributed by atoms with Gasteiger partial charge in [0.1, 0.15) is 0 Å². The molecule has 1 aliphatic rings. The van der Waals surface area contributed by atoms with Crippen LogP contribution in [0.2, 0.25) is 0 Å². The number of carbonyl (C=O) groups is 2. The zero-order valence-electron chi connectivity index (χ0n) is 22.6. The maximum Gasteiger partial charge on any atom is 0.255 e. The fourth-order valence-electron chi connectivity index (χ4n) is 4.86. The fourth-order valence-corrected chi connectivity index (χ4v) is 6.74. The van der Waals surface area contributed by atoms with E-state index in [1.54, 1.807) is 43.6 Å².